The molecule has 4 heterocycles. The van der Waals surface area contributed by atoms with Crippen LogP contribution in [0.2, 0.25) is 5.28 Å². The number of carbonyl (C=O) groups excluding carboxylic acids is 1. The van der Waals surface area contributed by atoms with Crippen molar-refractivity contribution in [3.8, 4) is 0 Å². The van der Waals surface area contributed by atoms with Crippen molar-refractivity contribution in [2.75, 3.05) is 18.2 Å². The van der Waals surface area contributed by atoms with E-state index in [0.717, 1.165) is 38.6 Å². The molecule has 1 aliphatic rings. The molecule has 0 bridgehead atoms. The number of fused-ring (bicyclic) bond motifs is 1. The quantitative estimate of drug-likeness (QED) is 0.450. The average Bonchev–Trinajstić information content (AvgIpc) is 3.27. The first-order chi connectivity index (χ1) is 13.1. The van der Waals surface area contributed by atoms with E-state index in [1.165, 1.54) is 0 Å². The summed E-state index contributed by atoms with van der Waals surface area (Å²) in [5, 5.41) is 6.36. The van der Waals surface area contributed by atoms with Crippen LogP contribution in [0.1, 0.15) is 17.1 Å². The third-order valence-electron chi connectivity index (χ3n) is 4.20. The summed E-state index contributed by atoms with van der Waals surface area (Å²) in [5.74, 6) is 1.49. The fourth-order valence-corrected chi connectivity index (χ4v) is 5.42. The van der Waals surface area contributed by atoms with Gasteiger partial charge in [0.15, 0.2) is 0 Å². The fraction of sp³-hybridized carbons (Fsp3) is 0.353. The average molecular weight is 425 g/mol. The van der Waals surface area contributed by atoms with Crippen molar-refractivity contribution in [2.45, 2.75) is 30.3 Å². The lowest BCUT2D eigenvalue weighted by molar-refractivity contribution is 0.115. The lowest BCUT2D eigenvalue weighted by atomic mass is 10.1. The number of thiophene rings is 1. The van der Waals surface area contributed by atoms with Crippen LogP contribution in [0.5, 0.6) is 0 Å². The highest BCUT2D eigenvalue weighted by Gasteiger charge is 2.24. The molecule has 1 fully saturated rings. The van der Waals surface area contributed by atoms with Gasteiger partial charge in [0.05, 0.1) is 24.1 Å². The van der Waals surface area contributed by atoms with Crippen LogP contribution in [-0.4, -0.2) is 35.0 Å². The van der Waals surface area contributed by atoms with Crippen molar-refractivity contribution >= 4 is 56.8 Å². The minimum Gasteiger partial charge on any atom is -0.467 e. The van der Waals surface area contributed by atoms with E-state index >= 15 is 0 Å². The van der Waals surface area contributed by atoms with Crippen LogP contribution in [0, 0.1) is 0 Å². The minimum atomic E-state index is -0.360. The van der Waals surface area contributed by atoms with Crippen molar-refractivity contribution in [3.05, 3.63) is 34.3 Å². The normalized spacial score (nSPS) is 17.0. The fourth-order valence-electron chi connectivity index (χ4n) is 2.98. The largest absolute Gasteiger partial charge is 0.467 e. The molecular formula is C17H17ClN4O3S2. The number of thioether (sulfide) groups is 1. The predicted molar refractivity (Wildman–Crippen MR) is 107 cm³/mol. The van der Waals surface area contributed by atoms with Gasteiger partial charge >= 0.3 is 6.09 Å². The number of hydrogen-bond donors (Lipinski definition) is 2. The van der Waals surface area contributed by atoms with Crippen LogP contribution in [0.3, 0.4) is 0 Å². The maximum atomic E-state index is 11.5. The molecule has 27 heavy (non-hydrogen) atoms. The second-order valence-corrected chi connectivity index (χ2v) is 8.24. The summed E-state index contributed by atoms with van der Waals surface area (Å²) in [6.45, 7) is 0.949. The number of carbonyl (C=O) groups is 1. The SMILES string of the molecule is CSc1c(CC2CCOC(=O)N2)sc2c(NCc3ccco3)nc(Cl)nc12. The molecular weight excluding hydrogens is 408 g/mol. The molecule has 0 spiro atoms. The molecule has 0 saturated carbocycles. The summed E-state index contributed by atoms with van der Waals surface area (Å²) in [6, 6.07) is 3.79. The highest BCUT2D eigenvalue weighted by Crippen LogP contribution is 2.40. The molecule has 3 aromatic heterocycles. The number of ether oxygens (including phenoxy) is 1. The number of amides is 1. The minimum absolute atomic E-state index is 0.0492. The summed E-state index contributed by atoms with van der Waals surface area (Å²) in [4.78, 5) is 22.5. The Kier molecular flexibility index (Phi) is 5.42. The van der Waals surface area contributed by atoms with Crippen molar-refractivity contribution in [3.63, 3.8) is 0 Å². The van der Waals surface area contributed by atoms with Gasteiger partial charge in [-0.1, -0.05) is 0 Å². The summed E-state index contributed by atoms with van der Waals surface area (Å²) < 4.78 is 11.3. The summed E-state index contributed by atoms with van der Waals surface area (Å²) in [7, 11) is 0. The second kappa shape index (κ2) is 7.95. The molecule has 0 aromatic carbocycles. The molecule has 3 aromatic rings. The van der Waals surface area contributed by atoms with Gasteiger partial charge in [-0.15, -0.1) is 23.1 Å². The zero-order valence-electron chi connectivity index (χ0n) is 14.5. The smallest absolute Gasteiger partial charge is 0.407 e. The molecule has 142 valence electrons. The molecule has 10 heteroatoms. The van der Waals surface area contributed by atoms with Gasteiger partial charge in [-0.05, 0) is 30.0 Å². The van der Waals surface area contributed by atoms with Gasteiger partial charge in [0.2, 0.25) is 5.28 Å². The summed E-state index contributed by atoms with van der Waals surface area (Å²) in [6.07, 6.45) is 4.79. The predicted octanol–water partition coefficient (Wildman–Crippen LogP) is 4.31. The lowest BCUT2D eigenvalue weighted by Gasteiger charge is -2.23. The monoisotopic (exact) mass is 424 g/mol. The number of furan rings is 1. The Morgan fingerprint density at radius 2 is 2.37 bits per heavy atom. The van der Waals surface area contributed by atoms with Crippen LogP contribution < -0.4 is 10.6 Å². The number of hydrogen-bond acceptors (Lipinski definition) is 8. The van der Waals surface area contributed by atoms with Crippen LogP contribution in [0.4, 0.5) is 10.6 Å². The number of nitrogens with one attached hydrogen (secondary N) is 2. The highest BCUT2D eigenvalue weighted by atomic mass is 35.5. The molecule has 1 unspecified atom stereocenters. The van der Waals surface area contributed by atoms with Crippen LogP contribution >= 0.6 is 34.7 Å². The van der Waals surface area contributed by atoms with E-state index in [9.17, 15) is 4.79 Å². The van der Waals surface area contributed by atoms with Gasteiger partial charge < -0.3 is 19.8 Å². The zero-order valence-corrected chi connectivity index (χ0v) is 16.8. The first kappa shape index (κ1) is 18.4. The van der Waals surface area contributed by atoms with Crippen LogP contribution in [-0.2, 0) is 17.7 Å². The Morgan fingerprint density at radius 1 is 1.48 bits per heavy atom. The lowest BCUT2D eigenvalue weighted by Crippen LogP contribution is -2.42. The van der Waals surface area contributed by atoms with Gasteiger partial charge in [-0.25, -0.2) is 9.78 Å². The Bertz CT molecular complexity index is 961. The molecule has 0 radical (unpaired) electrons. The van der Waals surface area contributed by atoms with E-state index in [0.29, 0.717) is 19.0 Å². The van der Waals surface area contributed by atoms with E-state index in [1.54, 1.807) is 29.4 Å². The van der Waals surface area contributed by atoms with E-state index in [-0.39, 0.29) is 17.4 Å². The van der Waals surface area contributed by atoms with Crippen molar-refractivity contribution < 1.29 is 13.9 Å². The van der Waals surface area contributed by atoms with Gasteiger partial charge in [0.25, 0.3) is 0 Å². The molecule has 1 amide bonds. The third-order valence-corrected chi connectivity index (χ3v) is 6.55. The number of alkyl carbamates (subject to hydrolysis) is 1. The van der Waals surface area contributed by atoms with Crippen LogP contribution in [0.25, 0.3) is 10.2 Å². The highest BCUT2D eigenvalue weighted by molar-refractivity contribution is 7.99. The number of anilines is 1. The standard InChI is InChI=1S/C17H17ClN4O3S2/c1-26-13-11(7-9-4-6-25-17(23)20-9)27-14-12(13)21-16(18)22-15(14)19-8-10-3-2-5-24-10/h2-3,5,9H,4,6-8H2,1H3,(H,20,23)(H,19,21,22). The maximum absolute atomic E-state index is 11.5. The van der Waals surface area contributed by atoms with Crippen molar-refractivity contribution in [1.29, 1.82) is 0 Å². The molecule has 1 aliphatic heterocycles. The van der Waals surface area contributed by atoms with Gasteiger partial charge in [-0.2, -0.15) is 4.98 Å². The first-order valence-corrected chi connectivity index (χ1v) is 10.8. The Balaban J connectivity index is 1.66. The van der Waals surface area contributed by atoms with Crippen LogP contribution in [0.15, 0.2) is 27.7 Å². The molecule has 1 atom stereocenters. The second-order valence-electron chi connectivity index (χ2n) is 5.98. The number of cyclic esters (lactones) is 1. The molecule has 1 saturated heterocycles. The summed E-state index contributed by atoms with van der Waals surface area (Å²) >= 11 is 9.42. The number of halogens is 1. The third kappa shape index (κ3) is 3.99. The Hall–Kier alpha value is -1.97. The van der Waals surface area contributed by atoms with Gasteiger partial charge in [0.1, 0.15) is 17.1 Å². The number of nitrogens with zero attached hydrogens (tertiary/aromatic N) is 2. The maximum Gasteiger partial charge on any atom is 0.407 e. The summed E-state index contributed by atoms with van der Waals surface area (Å²) in [5.41, 5.74) is 0.836. The van der Waals surface area contributed by atoms with E-state index in [1.807, 2.05) is 18.4 Å². The van der Waals surface area contributed by atoms with E-state index in [4.69, 9.17) is 20.8 Å². The van der Waals surface area contributed by atoms with E-state index < -0.39 is 0 Å². The Labute approximate surface area is 168 Å². The Morgan fingerprint density at radius 3 is 3.11 bits per heavy atom. The molecule has 7 nitrogen and oxygen atoms in total. The number of aromatic nitrogens is 2. The first-order valence-electron chi connectivity index (χ1n) is 8.36. The van der Waals surface area contributed by atoms with Gasteiger partial charge in [0, 0.05) is 28.7 Å². The molecule has 0 aliphatic carbocycles. The van der Waals surface area contributed by atoms with Gasteiger partial charge in [-0.3, -0.25) is 0 Å². The van der Waals surface area contributed by atoms with Crippen molar-refractivity contribution in [1.82, 2.24) is 15.3 Å². The zero-order chi connectivity index (χ0) is 18.8. The topological polar surface area (TPSA) is 89.3 Å². The van der Waals surface area contributed by atoms with E-state index in [2.05, 4.69) is 20.6 Å². The number of rotatable bonds is 6. The molecule has 2 N–H and O–H groups in total. The molecule has 4 rings (SSSR count). The van der Waals surface area contributed by atoms with Crippen molar-refractivity contribution in [2.24, 2.45) is 0 Å².